The number of aryl methyl sites for hydroxylation is 1. The number of amides is 1. The first-order valence-electron chi connectivity index (χ1n) is 7.57. The van der Waals surface area contributed by atoms with Gasteiger partial charge in [-0.3, -0.25) is 4.79 Å². The standard InChI is InChI=1S/C17H26N2O3/c1-11-8-13(21-4)14(22-5)9-12(11)16(20)19-7-6-15(18)17(2,3)10-19/h8-9,15H,6-7,10,18H2,1-5H3. The Balaban J connectivity index is 2.30. The summed E-state index contributed by atoms with van der Waals surface area (Å²) in [5.74, 6) is 1.24. The van der Waals surface area contributed by atoms with Crippen LogP contribution in [0.5, 0.6) is 11.5 Å². The lowest BCUT2D eigenvalue weighted by Gasteiger charge is -2.42. The molecule has 5 heteroatoms. The van der Waals surface area contributed by atoms with Gasteiger partial charge in [-0.05, 0) is 36.5 Å². The van der Waals surface area contributed by atoms with Crippen molar-refractivity contribution in [3.63, 3.8) is 0 Å². The first-order chi connectivity index (χ1) is 10.3. The number of carbonyl (C=O) groups is 1. The molecule has 122 valence electrons. The van der Waals surface area contributed by atoms with E-state index >= 15 is 0 Å². The smallest absolute Gasteiger partial charge is 0.254 e. The molecular formula is C17H26N2O3. The molecule has 1 saturated heterocycles. The molecule has 0 spiro atoms. The molecule has 22 heavy (non-hydrogen) atoms. The minimum atomic E-state index is -0.0711. The molecule has 0 radical (unpaired) electrons. The summed E-state index contributed by atoms with van der Waals surface area (Å²) in [5, 5.41) is 0. The topological polar surface area (TPSA) is 64.8 Å². The summed E-state index contributed by atoms with van der Waals surface area (Å²) in [7, 11) is 3.16. The SMILES string of the molecule is COc1cc(C)c(C(=O)N2CCC(N)C(C)(C)C2)cc1OC. The number of carbonyl (C=O) groups excluding carboxylic acids is 1. The summed E-state index contributed by atoms with van der Waals surface area (Å²) in [6.07, 6.45) is 0.824. The zero-order valence-electron chi connectivity index (χ0n) is 14.1. The Kier molecular flexibility index (Phi) is 4.66. The molecule has 1 aliphatic rings. The Labute approximate surface area is 132 Å². The lowest BCUT2D eigenvalue weighted by molar-refractivity contribution is 0.0532. The van der Waals surface area contributed by atoms with Gasteiger partial charge >= 0.3 is 0 Å². The third-order valence-corrected chi connectivity index (χ3v) is 4.56. The Morgan fingerprint density at radius 2 is 1.86 bits per heavy atom. The number of hydrogen-bond donors (Lipinski definition) is 1. The third kappa shape index (κ3) is 3.04. The number of rotatable bonds is 3. The third-order valence-electron chi connectivity index (χ3n) is 4.56. The summed E-state index contributed by atoms with van der Waals surface area (Å²) in [6.45, 7) is 7.49. The van der Waals surface area contributed by atoms with Crippen molar-refractivity contribution < 1.29 is 14.3 Å². The second kappa shape index (κ2) is 6.16. The Hall–Kier alpha value is -1.75. The number of ether oxygens (including phenoxy) is 2. The number of methoxy groups -OCH3 is 2. The van der Waals surface area contributed by atoms with Crippen LogP contribution in [-0.4, -0.2) is 44.2 Å². The van der Waals surface area contributed by atoms with Crippen LogP contribution < -0.4 is 15.2 Å². The van der Waals surface area contributed by atoms with E-state index in [1.54, 1.807) is 20.3 Å². The van der Waals surface area contributed by atoms with E-state index in [1.165, 1.54) is 0 Å². The van der Waals surface area contributed by atoms with Gasteiger partial charge in [0.25, 0.3) is 5.91 Å². The number of nitrogens with zero attached hydrogens (tertiary/aromatic N) is 1. The molecule has 0 aromatic heterocycles. The van der Waals surface area contributed by atoms with Crippen LogP contribution in [0, 0.1) is 12.3 Å². The molecule has 1 fully saturated rings. The van der Waals surface area contributed by atoms with Crippen molar-refractivity contribution in [3.05, 3.63) is 23.3 Å². The van der Waals surface area contributed by atoms with Crippen molar-refractivity contribution in [1.82, 2.24) is 4.90 Å². The fourth-order valence-electron chi connectivity index (χ4n) is 2.93. The Morgan fingerprint density at radius 1 is 1.27 bits per heavy atom. The van der Waals surface area contributed by atoms with E-state index in [-0.39, 0.29) is 17.4 Å². The fourth-order valence-corrected chi connectivity index (χ4v) is 2.93. The Bertz CT molecular complexity index is 569. The van der Waals surface area contributed by atoms with Gasteiger partial charge in [-0.25, -0.2) is 0 Å². The van der Waals surface area contributed by atoms with Crippen LogP contribution in [0.2, 0.25) is 0 Å². The van der Waals surface area contributed by atoms with E-state index < -0.39 is 0 Å². The summed E-state index contributed by atoms with van der Waals surface area (Å²) >= 11 is 0. The van der Waals surface area contributed by atoms with Gasteiger partial charge in [-0.2, -0.15) is 0 Å². The largest absolute Gasteiger partial charge is 0.493 e. The first kappa shape index (κ1) is 16.6. The second-order valence-corrected chi connectivity index (χ2v) is 6.63. The maximum absolute atomic E-state index is 12.9. The minimum absolute atomic E-state index is 0.0263. The highest BCUT2D eigenvalue weighted by atomic mass is 16.5. The number of likely N-dealkylation sites (tertiary alicyclic amines) is 1. The molecule has 1 aliphatic heterocycles. The van der Waals surface area contributed by atoms with Gasteiger partial charge in [0.05, 0.1) is 14.2 Å². The molecule has 2 rings (SSSR count). The predicted octanol–water partition coefficient (Wildman–Crippen LogP) is 2.21. The lowest BCUT2D eigenvalue weighted by atomic mass is 9.79. The highest BCUT2D eigenvalue weighted by Crippen LogP contribution is 2.33. The van der Waals surface area contributed by atoms with Gasteiger partial charge in [0.2, 0.25) is 0 Å². The van der Waals surface area contributed by atoms with Crippen molar-refractivity contribution in [2.45, 2.75) is 33.2 Å². The highest BCUT2D eigenvalue weighted by molar-refractivity contribution is 5.96. The van der Waals surface area contributed by atoms with Crippen LogP contribution >= 0.6 is 0 Å². The Morgan fingerprint density at radius 3 is 2.41 bits per heavy atom. The molecule has 1 aromatic carbocycles. The molecule has 1 heterocycles. The maximum Gasteiger partial charge on any atom is 0.254 e. The van der Waals surface area contributed by atoms with Crippen LogP contribution in [0.4, 0.5) is 0 Å². The molecule has 1 amide bonds. The van der Waals surface area contributed by atoms with Crippen molar-refractivity contribution >= 4 is 5.91 Å². The van der Waals surface area contributed by atoms with Gasteiger partial charge in [0, 0.05) is 24.7 Å². The summed E-state index contributed by atoms with van der Waals surface area (Å²) in [5.41, 5.74) is 7.62. The number of nitrogens with two attached hydrogens (primary N) is 1. The van der Waals surface area contributed by atoms with E-state index in [2.05, 4.69) is 13.8 Å². The molecule has 0 saturated carbocycles. The monoisotopic (exact) mass is 306 g/mol. The number of benzene rings is 1. The van der Waals surface area contributed by atoms with Crippen LogP contribution in [-0.2, 0) is 0 Å². The lowest BCUT2D eigenvalue weighted by Crippen LogP contribution is -2.54. The van der Waals surface area contributed by atoms with E-state index in [0.717, 1.165) is 12.0 Å². The van der Waals surface area contributed by atoms with Gasteiger partial charge < -0.3 is 20.1 Å². The van der Waals surface area contributed by atoms with Crippen LogP contribution in [0.25, 0.3) is 0 Å². The van der Waals surface area contributed by atoms with Crippen molar-refractivity contribution in [2.24, 2.45) is 11.1 Å². The van der Waals surface area contributed by atoms with Gasteiger partial charge in [0.1, 0.15) is 0 Å². The van der Waals surface area contributed by atoms with Crippen LogP contribution in [0.15, 0.2) is 12.1 Å². The van der Waals surface area contributed by atoms with Crippen molar-refractivity contribution in [1.29, 1.82) is 0 Å². The van der Waals surface area contributed by atoms with Crippen molar-refractivity contribution in [2.75, 3.05) is 27.3 Å². The zero-order chi connectivity index (χ0) is 16.5. The van der Waals surface area contributed by atoms with Crippen LogP contribution in [0.1, 0.15) is 36.2 Å². The van der Waals surface area contributed by atoms with Crippen LogP contribution in [0.3, 0.4) is 0 Å². The van der Waals surface area contributed by atoms with E-state index in [1.807, 2.05) is 17.9 Å². The summed E-state index contributed by atoms with van der Waals surface area (Å²) < 4.78 is 10.6. The fraction of sp³-hybridized carbons (Fsp3) is 0.588. The molecule has 1 aromatic rings. The molecular weight excluding hydrogens is 280 g/mol. The van der Waals surface area contributed by atoms with Crippen molar-refractivity contribution in [3.8, 4) is 11.5 Å². The number of hydrogen-bond acceptors (Lipinski definition) is 4. The minimum Gasteiger partial charge on any atom is -0.493 e. The average molecular weight is 306 g/mol. The first-order valence-corrected chi connectivity index (χ1v) is 7.57. The molecule has 0 aliphatic carbocycles. The van der Waals surface area contributed by atoms with Gasteiger partial charge in [0.15, 0.2) is 11.5 Å². The highest BCUT2D eigenvalue weighted by Gasteiger charge is 2.36. The zero-order valence-corrected chi connectivity index (χ0v) is 14.1. The van der Waals surface area contributed by atoms with E-state index in [0.29, 0.717) is 30.2 Å². The summed E-state index contributed by atoms with van der Waals surface area (Å²) in [6, 6.07) is 3.73. The van der Waals surface area contributed by atoms with E-state index in [9.17, 15) is 4.79 Å². The molecule has 2 N–H and O–H groups in total. The molecule has 0 bridgehead atoms. The summed E-state index contributed by atoms with van der Waals surface area (Å²) in [4.78, 5) is 14.8. The normalized spacial score (nSPS) is 20.6. The second-order valence-electron chi connectivity index (χ2n) is 6.63. The van der Waals surface area contributed by atoms with E-state index in [4.69, 9.17) is 15.2 Å². The average Bonchev–Trinajstić information content (AvgIpc) is 2.48. The van der Waals surface area contributed by atoms with Gasteiger partial charge in [-0.1, -0.05) is 13.8 Å². The molecule has 5 nitrogen and oxygen atoms in total. The van der Waals surface area contributed by atoms with Gasteiger partial charge in [-0.15, -0.1) is 0 Å². The predicted molar refractivity (Wildman–Crippen MR) is 86.6 cm³/mol. The molecule has 1 atom stereocenters. The maximum atomic E-state index is 12.9. The number of piperidine rings is 1. The molecule has 1 unspecified atom stereocenters. The quantitative estimate of drug-likeness (QED) is 0.930.